The number of nitrogens with two attached hydrogens (primary N) is 2. The fourth-order valence-electron chi connectivity index (χ4n) is 17.4. The van der Waals surface area contributed by atoms with E-state index in [1.54, 1.807) is 0 Å². The Balaban J connectivity index is 0.949. The SMILES string of the molecule is CN[C@@H](C(=O)N[C@H]1C(=O)NC(c2ccc(O)c(Cl)c2)C(=O)NC2C(=O)NC3C(=O)NC(CNC(C(=O)O)c4cc(O)cc(O)c4-c4cc3ccc4O)[C@@H](O[C@H]3O[C@H](CO)[C@@H](O)[C@H](O)[C@@H]3O)c3ccc(c(Cl)c3)Oc3cc2cc(c3O[C@H]2O[C@H](CO)[C@@H](O)[C@H](O)[C@H]2O[C@@H]2C[C@H](N)[C@H](O)[C@@H](C)O2)Oc2ccc(cc2)[C@@H]1O[C@H]1C[C@@H](N)[C@@H](O)[C@H](C)O1)c1ccc(O[C@H]2O[C@@H](C)[C@H](O)[C@@H](O)[C@H]2O)cc1. The number of likely N-dealkylation sites (N-methyl/N-ethyl adjacent to an activating group) is 1. The zero-order valence-corrected chi connectivity index (χ0v) is 73.5. The molecule has 32 atom stereocenters. The first-order chi connectivity index (χ1) is 64.3. The van der Waals surface area contributed by atoms with Crippen LogP contribution in [-0.2, 0) is 66.7 Å². The summed E-state index contributed by atoms with van der Waals surface area (Å²) in [5.74, 6) is -13.6. The minimum atomic E-state index is -2.42. The third-order valence-corrected chi connectivity index (χ3v) is 25.4. The normalized spacial score (nSPS) is 34.2. The van der Waals surface area contributed by atoms with Gasteiger partial charge in [0.15, 0.2) is 36.5 Å². The number of carboxylic acid groups (broad SMARTS) is 1. The highest BCUT2D eigenvalue weighted by molar-refractivity contribution is 6.32. The van der Waals surface area contributed by atoms with Crippen LogP contribution in [-0.4, -0.2) is 302 Å². The summed E-state index contributed by atoms with van der Waals surface area (Å²) in [5.41, 5.74) is 10.4. The van der Waals surface area contributed by atoms with E-state index >= 15 is 24.0 Å². The van der Waals surface area contributed by atoms with Crippen LogP contribution >= 0.6 is 23.2 Å². The second kappa shape index (κ2) is 41.4. The molecule has 46 heteroatoms. The number of carbonyl (C=O) groups excluding carboxylic acids is 5. The Morgan fingerprint density at radius 3 is 1.64 bits per heavy atom. The monoisotopic (exact) mass is 1930 g/mol. The van der Waals surface area contributed by atoms with Gasteiger partial charge in [0.1, 0.15) is 150 Å². The molecule has 7 aromatic rings. The number of phenols is 4. The Morgan fingerprint density at radius 2 is 1.04 bits per heavy atom. The molecule has 28 N–H and O–H groups in total. The van der Waals surface area contributed by atoms with Crippen LogP contribution in [0.25, 0.3) is 11.1 Å². The highest BCUT2D eigenvalue weighted by atomic mass is 35.5. The van der Waals surface area contributed by atoms with Gasteiger partial charge in [0.2, 0.25) is 47.9 Å². The van der Waals surface area contributed by atoms with E-state index < -0.39 is 329 Å². The van der Waals surface area contributed by atoms with E-state index in [2.05, 4.69) is 37.2 Å². The second-order valence-electron chi connectivity index (χ2n) is 34.0. The Bertz CT molecular complexity index is 5470. The minimum Gasteiger partial charge on any atom is -0.508 e. The number of aliphatic carboxylic acids is 1. The Kier molecular flexibility index (Phi) is 30.3. The van der Waals surface area contributed by atoms with Crippen LogP contribution in [0.5, 0.6) is 57.5 Å². The zero-order valence-electron chi connectivity index (χ0n) is 72.0. The standard InChI is InChI=1S/C89H103Cl2N9O35/c1-31-67(107)47(92)26-58(124-31)132-78-35-7-14-41(15-8-35)127-54-22-39-23-55(79(54)135-89-80(74(114)71(111)57(30-102)131-89)133-59-27-48(93)68(108)32(2)125-59)129-53-18-11-38(21-46(53)91)77(134-88-76(116)73(113)70(110)56(29-101)130-88)49-28-95-65(86(122)123)44-24-40(103)25-52(106)60(44)43-19-36(9-16-50(43)104)62(82(118)96-49)97-84(120)64(39)99-83(119)63(37-10-17-51(105)45(90)20-37)98-85(121)66(78)100-81(117)61(94-4)34-5-12-42(13-6-34)128-87-75(115)72(112)69(109)33(3)126-87/h5-25,31-33,47-49,56-59,61-78,80,87-89,94-95,101-116H,26-30,92-93H2,1-4H3,(H,96,118)(H,97,120)(H,98,121)(H,99,119)(H,100,117)(H,122,123)/t31-,32+,33-,47+,48-,49?,56+,57+,58-,59+,61+,62?,63?,64?,65?,66+,67-,68+,69-,70+,71+,72+,73-,74-,75+,76-,77-,78-,80+,87+,88+,89+/m0/s1. The molecule has 7 aromatic carbocycles. The van der Waals surface area contributed by atoms with Crippen LogP contribution < -0.4 is 67.6 Å². The van der Waals surface area contributed by atoms with Gasteiger partial charge in [-0.15, -0.1) is 0 Å². The molecule has 0 aromatic heterocycles. The zero-order chi connectivity index (χ0) is 96.9. The van der Waals surface area contributed by atoms with E-state index in [4.69, 9.17) is 91.5 Å². The first-order valence-electron chi connectivity index (χ1n) is 43.0. The molecule has 5 unspecified atom stereocenters. The van der Waals surface area contributed by atoms with E-state index in [-0.39, 0.29) is 52.2 Å². The quantitative estimate of drug-likeness (QED) is 0.0470. The van der Waals surface area contributed by atoms with Crippen LogP contribution in [0.2, 0.25) is 10.0 Å². The van der Waals surface area contributed by atoms with Crippen LogP contribution in [0, 0.1) is 0 Å². The molecule has 135 heavy (non-hydrogen) atoms. The van der Waals surface area contributed by atoms with Gasteiger partial charge in [-0.25, -0.2) is 0 Å². The maximum atomic E-state index is 16.9. The van der Waals surface area contributed by atoms with Crippen molar-refractivity contribution in [3.05, 3.63) is 176 Å². The molecule has 0 aliphatic carbocycles. The fraction of sp³-hybridized carbons (Fsp3) is 0.461. The fourth-order valence-corrected chi connectivity index (χ4v) is 17.8. The van der Waals surface area contributed by atoms with Crippen molar-refractivity contribution in [1.29, 1.82) is 0 Å². The second-order valence-corrected chi connectivity index (χ2v) is 34.8. The summed E-state index contributed by atoms with van der Waals surface area (Å²) in [4.78, 5) is 96.0. The number of rotatable bonds is 18. The number of ether oxygens (including phenoxy) is 12. The number of hydrogen-bond donors (Lipinski definition) is 26. The molecule has 10 heterocycles. The maximum Gasteiger partial charge on any atom is 0.325 e. The summed E-state index contributed by atoms with van der Waals surface area (Å²) in [7, 11) is 1.39. The first kappa shape index (κ1) is 98.9. The third-order valence-electron chi connectivity index (χ3n) is 24.8. The van der Waals surface area contributed by atoms with Crippen LogP contribution in [0.3, 0.4) is 0 Å². The predicted octanol–water partition coefficient (Wildman–Crippen LogP) is -1.40. The van der Waals surface area contributed by atoms with Crippen molar-refractivity contribution in [3.8, 4) is 68.6 Å². The molecular weight excluding hydrogens is 1830 g/mol. The average Bonchev–Trinajstić information content (AvgIpc) is 0.763. The predicted molar refractivity (Wildman–Crippen MR) is 461 cm³/mol. The van der Waals surface area contributed by atoms with Crippen molar-refractivity contribution in [2.24, 2.45) is 11.5 Å². The lowest BCUT2D eigenvalue weighted by Crippen LogP contribution is -2.62. The number of aromatic hydroxyl groups is 4. The average molecular weight is 1930 g/mol. The van der Waals surface area contributed by atoms with Crippen LogP contribution in [0.1, 0.15) is 115 Å². The summed E-state index contributed by atoms with van der Waals surface area (Å²) < 4.78 is 76.5. The number of fused-ring (bicyclic) bond motifs is 15. The van der Waals surface area contributed by atoms with Crippen molar-refractivity contribution in [2.75, 3.05) is 26.8 Å². The van der Waals surface area contributed by atoms with Gasteiger partial charge in [-0.05, 0) is 146 Å². The number of aliphatic hydroxyl groups is 12. The molecule has 11 bridgehead atoms. The highest BCUT2D eigenvalue weighted by Crippen LogP contribution is 2.51. The van der Waals surface area contributed by atoms with Crippen LogP contribution in [0.15, 0.2) is 127 Å². The summed E-state index contributed by atoms with van der Waals surface area (Å²) in [6.07, 6.45) is -39.1. The Morgan fingerprint density at radius 1 is 0.496 bits per heavy atom. The maximum absolute atomic E-state index is 16.9. The lowest BCUT2D eigenvalue weighted by Gasteiger charge is -2.44. The van der Waals surface area contributed by atoms with E-state index in [1.807, 2.05) is 0 Å². The summed E-state index contributed by atoms with van der Waals surface area (Å²) in [6, 6.07) is 8.33. The molecule has 5 amide bonds. The topological polar surface area (TPSA) is 693 Å². The smallest absolute Gasteiger partial charge is 0.325 e. The number of aliphatic hydroxyl groups excluding tert-OH is 12. The van der Waals surface area contributed by atoms with E-state index in [9.17, 15) is 91.6 Å². The molecule has 5 saturated heterocycles. The van der Waals surface area contributed by atoms with E-state index in [1.165, 1.54) is 94.5 Å². The number of carbonyl (C=O) groups is 6. The summed E-state index contributed by atoms with van der Waals surface area (Å²) in [6.45, 7) is 1.54. The van der Waals surface area contributed by atoms with Gasteiger partial charge in [0, 0.05) is 48.7 Å². The first-order valence-corrected chi connectivity index (χ1v) is 43.7. The van der Waals surface area contributed by atoms with Gasteiger partial charge >= 0.3 is 5.97 Å². The van der Waals surface area contributed by atoms with Crippen molar-refractivity contribution in [1.82, 2.24) is 37.2 Å². The lowest BCUT2D eigenvalue weighted by molar-refractivity contribution is -0.330. The Hall–Kier alpha value is -10.6. The van der Waals surface area contributed by atoms with Gasteiger partial charge in [0.05, 0.1) is 59.8 Å². The molecule has 10 aliphatic rings. The molecule has 0 radical (unpaired) electrons. The van der Waals surface area contributed by atoms with Crippen molar-refractivity contribution in [2.45, 2.75) is 229 Å². The molecule has 44 nitrogen and oxygen atoms in total. The number of amides is 5. The van der Waals surface area contributed by atoms with Crippen molar-refractivity contribution >= 4 is 58.7 Å². The molecule has 0 saturated carbocycles. The number of benzene rings is 7. The van der Waals surface area contributed by atoms with Crippen molar-refractivity contribution < 1.29 is 172 Å². The molecule has 5 fully saturated rings. The van der Waals surface area contributed by atoms with E-state index in [0.717, 1.165) is 60.7 Å². The van der Waals surface area contributed by atoms with Gasteiger partial charge in [-0.1, -0.05) is 65.7 Å². The summed E-state index contributed by atoms with van der Waals surface area (Å²) >= 11 is 14.2. The Labute approximate surface area is 777 Å². The summed E-state index contributed by atoms with van der Waals surface area (Å²) in [5, 5.41) is 209. The number of phenolic OH excluding ortho intramolecular Hbond substituents is 4. The van der Waals surface area contributed by atoms with Crippen LogP contribution in [0.4, 0.5) is 0 Å². The van der Waals surface area contributed by atoms with Gasteiger partial charge in [-0.3, -0.25) is 34.1 Å². The van der Waals surface area contributed by atoms with E-state index in [0.29, 0.717) is 0 Å². The highest BCUT2D eigenvalue weighted by Gasteiger charge is 2.53. The number of carboxylic acids is 1. The van der Waals surface area contributed by atoms with Crippen molar-refractivity contribution in [3.63, 3.8) is 0 Å². The number of hydrogen-bond acceptors (Lipinski definition) is 38. The van der Waals surface area contributed by atoms with Gasteiger partial charge < -0.3 is 187 Å². The third kappa shape index (κ3) is 20.8. The molecular formula is C89H103Cl2N9O35. The minimum absolute atomic E-state index is 0.00677. The number of nitrogens with one attached hydrogen (secondary N) is 7. The molecule has 10 aliphatic heterocycles. The van der Waals surface area contributed by atoms with Gasteiger partial charge in [-0.2, -0.15) is 0 Å². The number of halogens is 2. The molecule has 728 valence electrons. The molecule has 17 rings (SSSR count). The molecule has 0 spiro atoms. The van der Waals surface area contributed by atoms with Gasteiger partial charge in [0.25, 0.3) is 0 Å². The largest absolute Gasteiger partial charge is 0.508 e. The lowest BCUT2D eigenvalue weighted by atomic mass is 9.89.